The average Bonchev–Trinajstić information content (AvgIpc) is 3.10. The van der Waals surface area contributed by atoms with E-state index in [1.54, 1.807) is 48.5 Å². The van der Waals surface area contributed by atoms with Crippen molar-refractivity contribution in [2.45, 2.75) is 32.6 Å². The molecule has 14 heteroatoms. The van der Waals surface area contributed by atoms with Gasteiger partial charge < -0.3 is 36.3 Å². The maximum absolute atomic E-state index is 12.4. The Balaban J connectivity index is 1.37. The van der Waals surface area contributed by atoms with Crippen LogP contribution in [-0.4, -0.2) is 74.9 Å². The molecule has 3 aromatic rings. The number of aliphatic imine (C=N–C) groups is 2. The van der Waals surface area contributed by atoms with Gasteiger partial charge in [0.2, 0.25) is 11.9 Å². The second-order valence-electron chi connectivity index (χ2n) is 10.5. The Bertz CT molecular complexity index is 1420. The molecule has 0 atom stereocenters. The van der Waals surface area contributed by atoms with E-state index in [2.05, 4.69) is 49.2 Å². The van der Waals surface area contributed by atoms with E-state index in [1.807, 2.05) is 18.2 Å². The molecule has 3 rings (SSSR count). The number of ether oxygens (including phenoxy) is 2. The van der Waals surface area contributed by atoms with Gasteiger partial charge in [0.1, 0.15) is 5.75 Å². The van der Waals surface area contributed by atoms with Crippen molar-refractivity contribution in [1.82, 2.24) is 27.0 Å². The predicted molar refractivity (Wildman–Crippen MR) is 188 cm³/mol. The number of nitrogens with zero attached hydrogens (tertiary/aromatic N) is 2. The van der Waals surface area contributed by atoms with Crippen LogP contribution in [0.15, 0.2) is 88.8 Å². The number of anilines is 1. The summed E-state index contributed by atoms with van der Waals surface area (Å²) in [7, 11) is 0. The van der Waals surface area contributed by atoms with Gasteiger partial charge in [-0.2, -0.15) is 10.5 Å². The van der Waals surface area contributed by atoms with Gasteiger partial charge in [-0.15, -0.1) is 0 Å². The molecule has 0 saturated carbocycles. The fraction of sp³-hybridized carbons (Fsp3) is 0.353. The lowest BCUT2D eigenvalue weighted by Gasteiger charge is -2.12. The molecule has 0 aromatic heterocycles. The number of unbranched alkanes of at least 4 members (excludes halogenated alkanes) is 3. The number of rotatable bonds is 20. The Labute approximate surface area is 281 Å². The highest BCUT2D eigenvalue weighted by atomic mass is 16.5. The van der Waals surface area contributed by atoms with Gasteiger partial charge in [0, 0.05) is 36.4 Å². The third kappa shape index (κ3) is 15.5. The van der Waals surface area contributed by atoms with Gasteiger partial charge in [0.15, 0.2) is 0 Å². The highest BCUT2D eigenvalue weighted by molar-refractivity contribution is 6.02. The van der Waals surface area contributed by atoms with Crippen LogP contribution >= 0.6 is 0 Å². The molecule has 0 aliphatic rings. The largest absolute Gasteiger partial charge is 0.508 e. The van der Waals surface area contributed by atoms with E-state index in [4.69, 9.17) is 15.2 Å². The lowest BCUT2D eigenvalue weighted by atomic mass is 10.2. The zero-order valence-electron chi connectivity index (χ0n) is 27.3. The number of nitrogens with one attached hydrogen (secondary N) is 6. The van der Waals surface area contributed by atoms with Crippen molar-refractivity contribution < 1.29 is 24.2 Å². The number of phenols is 1. The number of amides is 2. The van der Waals surface area contributed by atoms with Gasteiger partial charge in [0.05, 0.1) is 32.1 Å². The van der Waals surface area contributed by atoms with E-state index in [0.717, 1.165) is 25.7 Å². The van der Waals surface area contributed by atoms with Crippen molar-refractivity contribution in [3.8, 4) is 5.75 Å². The van der Waals surface area contributed by atoms with Crippen LogP contribution in [0, 0.1) is 0 Å². The van der Waals surface area contributed by atoms with Crippen molar-refractivity contribution in [2.75, 3.05) is 51.4 Å². The molecule has 14 nitrogen and oxygen atoms in total. The minimum Gasteiger partial charge on any atom is -0.508 e. The molecule has 0 unspecified atom stereocenters. The van der Waals surface area contributed by atoms with Gasteiger partial charge in [-0.3, -0.25) is 15.0 Å². The highest BCUT2D eigenvalue weighted by Gasteiger charge is 2.07. The lowest BCUT2D eigenvalue weighted by Crippen LogP contribution is -2.47. The van der Waals surface area contributed by atoms with Crippen LogP contribution in [0.25, 0.3) is 0 Å². The number of carbonyl (C=O) groups is 2. The number of hydrogen-bond donors (Lipinski definition) is 8. The highest BCUT2D eigenvalue weighted by Crippen LogP contribution is 2.17. The molecule has 0 fully saturated rings. The Morgan fingerprint density at radius 1 is 0.750 bits per heavy atom. The molecule has 0 aliphatic carbocycles. The summed E-state index contributed by atoms with van der Waals surface area (Å²) in [6, 6.07) is 22.2. The maximum atomic E-state index is 12.4. The van der Waals surface area contributed by atoms with Crippen molar-refractivity contribution in [2.24, 2.45) is 15.7 Å². The lowest BCUT2D eigenvalue weighted by molar-refractivity contribution is 0.0483. The second kappa shape index (κ2) is 22.5. The third-order valence-corrected chi connectivity index (χ3v) is 6.62. The van der Waals surface area contributed by atoms with Crippen molar-refractivity contribution in [3.63, 3.8) is 0 Å². The summed E-state index contributed by atoms with van der Waals surface area (Å²) in [5, 5.41) is 18.3. The van der Waals surface area contributed by atoms with Gasteiger partial charge in [0.25, 0.3) is 11.8 Å². The number of benzene rings is 3. The molecule has 0 saturated heterocycles. The van der Waals surface area contributed by atoms with E-state index in [0.29, 0.717) is 68.6 Å². The molecule has 3 aromatic carbocycles. The molecular formula is C34H47N9O5. The minimum absolute atomic E-state index is 0.0536. The van der Waals surface area contributed by atoms with Crippen LogP contribution in [0.4, 0.5) is 11.4 Å². The van der Waals surface area contributed by atoms with Crippen molar-refractivity contribution >= 4 is 35.1 Å². The molecule has 2 amide bonds. The Morgan fingerprint density at radius 2 is 1.40 bits per heavy atom. The zero-order valence-corrected chi connectivity index (χ0v) is 27.3. The van der Waals surface area contributed by atoms with Gasteiger partial charge in [-0.05, 0) is 67.1 Å². The molecule has 0 spiro atoms. The summed E-state index contributed by atoms with van der Waals surface area (Å²) in [5.74, 6) is 0.0421. The van der Waals surface area contributed by atoms with E-state index < -0.39 is 0 Å². The fourth-order valence-electron chi connectivity index (χ4n) is 4.12. The Morgan fingerprint density at radius 3 is 2.08 bits per heavy atom. The second-order valence-corrected chi connectivity index (χ2v) is 10.5. The smallest absolute Gasteiger partial charge is 0.251 e. The predicted octanol–water partition coefficient (Wildman–Crippen LogP) is 3.18. The number of hydrogen-bond acceptors (Lipinski definition) is 8. The molecule has 0 bridgehead atoms. The SMILES string of the molecule is CCCCCCNC(=O)c1ccc(N/C(N)=N/C(=Nc2ccc(O)cc2)NNNCCOCCOCCNC(=O)c2ccccc2)cc1. The number of hydrazine groups is 2. The first-order valence-electron chi connectivity index (χ1n) is 16.0. The summed E-state index contributed by atoms with van der Waals surface area (Å²) >= 11 is 0. The monoisotopic (exact) mass is 661 g/mol. The van der Waals surface area contributed by atoms with Gasteiger partial charge in [-0.25, -0.2) is 10.4 Å². The van der Waals surface area contributed by atoms with Crippen LogP contribution in [0.5, 0.6) is 5.75 Å². The van der Waals surface area contributed by atoms with E-state index in [9.17, 15) is 14.7 Å². The molecule has 0 radical (unpaired) electrons. The zero-order chi connectivity index (χ0) is 34.2. The van der Waals surface area contributed by atoms with Crippen LogP contribution in [0.1, 0.15) is 53.3 Å². The van der Waals surface area contributed by atoms with Crippen LogP contribution in [0.2, 0.25) is 0 Å². The average molecular weight is 662 g/mol. The first-order valence-corrected chi connectivity index (χ1v) is 16.0. The first kappa shape index (κ1) is 37.4. The number of nitrogens with two attached hydrogens (primary N) is 1. The van der Waals surface area contributed by atoms with Crippen molar-refractivity contribution in [3.05, 3.63) is 90.0 Å². The van der Waals surface area contributed by atoms with E-state index >= 15 is 0 Å². The number of carbonyl (C=O) groups excluding carboxylic acids is 2. The van der Waals surface area contributed by atoms with Gasteiger partial charge >= 0.3 is 0 Å². The Hall–Kier alpha value is -5.02. The molecule has 9 N–H and O–H groups in total. The summed E-state index contributed by atoms with van der Waals surface area (Å²) in [4.78, 5) is 33.2. The third-order valence-electron chi connectivity index (χ3n) is 6.62. The number of phenolic OH excluding ortho intramolecular Hbond substituents is 1. The van der Waals surface area contributed by atoms with E-state index in [-0.39, 0.29) is 29.5 Å². The molecule has 0 aliphatic heterocycles. The minimum atomic E-state index is -0.135. The number of guanidine groups is 2. The summed E-state index contributed by atoms with van der Waals surface area (Å²) in [5.41, 5.74) is 17.1. The van der Waals surface area contributed by atoms with Gasteiger partial charge in [-0.1, -0.05) is 44.4 Å². The topological polar surface area (TPSA) is 196 Å². The molecular weight excluding hydrogens is 614 g/mol. The summed E-state index contributed by atoms with van der Waals surface area (Å²) in [6.07, 6.45) is 4.37. The molecule has 0 heterocycles. The van der Waals surface area contributed by atoms with Crippen LogP contribution < -0.4 is 38.1 Å². The number of aromatic hydroxyl groups is 1. The molecule has 48 heavy (non-hydrogen) atoms. The maximum Gasteiger partial charge on any atom is 0.251 e. The van der Waals surface area contributed by atoms with Crippen molar-refractivity contribution in [1.29, 1.82) is 0 Å². The first-order chi connectivity index (χ1) is 23.4. The van der Waals surface area contributed by atoms with Crippen LogP contribution in [0.3, 0.4) is 0 Å². The standard InChI is InChI=1S/C34H47N9O5/c1-2-3-4-8-19-36-32(46)27-11-13-28(14-12-27)39-33(35)41-34(40-29-15-17-30(44)18-16-29)42-43-38-21-23-48-25-24-47-22-20-37-31(45)26-9-6-5-7-10-26/h5-7,9-18,38,43-44H,2-4,8,19-25H2,1H3,(H,36,46)(H,37,45)(H4,35,39,40,41,42). The van der Waals surface area contributed by atoms with E-state index in [1.165, 1.54) is 12.1 Å². The summed E-state index contributed by atoms with van der Waals surface area (Å²) < 4.78 is 11.0. The summed E-state index contributed by atoms with van der Waals surface area (Å²) in [6.45, 7) is 5.23. The Kier molecular flexibility index (Phi) is 17.5. The van der Waals surface area contributed by atoms with Crippen LogP contribution in [-0.2, 0) is 9.47 Å². The fourth-order valence-corrected chi connectivity index (χ4v) is 4.12. The normalized spacial score (nSPS) is 11.6. The molecule has 258 valence electrons. The quantitative estimate of drug-likeness (QED) is 0.0386.